The van der Waals surface area contributed by atoms with Crippen LogP contribution in [-0.4, -0.2) is 59.1 Å². The van der Waals surface area contributed by atoms with Crippen molar-refractivity contribution >= 4 is 17.5 Å². The summed E-state index contributed by atoms with van der Waals surface area (Å²) in [4.78, 5) is 29.0. The van der Waals surface area contributed by atoms with Crippen LogP contribution in [0.25, 0.3) is 0 Å². The van der Waals surface area contributed by atoms with Gasteiger partial charge in [0.15, 0.2) is 0 Å². The van der Waals surface area contributed by atoms with Gasteiger partial charge in [0.2, 0.25) is 11.8 Å². The molecule has 2 aliphatic heterocycles. The van der Waals surface area contributed by atoms with E-state index < -0.39 is 23.9 Å². The normalized spacial score (nSPS) is 28.5. The summed E-state index contributed by atoms with van der Waals surface area (Å²) < 4.78 is 14.4. The molecule has 2 aliphatic rings. The number of pyridine rings is 1. The molecule has 130 valence electrons. The lowest BCUT2D eigenvalue weighted by molar-refractivity contribution is -0.133. The molecular formula is C16H21FN4O3. The molecule has 0 aromatic carbocycles. The average molecular weight is 336 g/mol. The van der Waals surface area contributed by atoms with Crippen LogP contribution in [0.1, 0.15) is 30.9 Å². The van der Waals surface area contributed by atoms with Crippen LogP contribution in [0.3, 0.4) is 0 Å². The Morgan fingerprint density at radius 1 is 1.42 bits per heavy atom. The Morgan fingerprint density at radius 2 is 2.21 bits per heavy atom. The summed E-state index contributed by atoms with van der Waals surface area (Å²) in [6.07, 6.45) is 2.06. The first-order valence-corrected chi connectivity index (χ1v) is 8.06. The fourth-order valence-electron chi connectivity index (χ4n) is 3.24. The Bertz CT molecular complexity index is 654. The molecule has 3 atom stereocenters. The molecule has 0 saturated carbocycles. The van der Waals surface area contributed by atoms with Crippen molar-refractivity contribution in [3.63, 3.8) is 0 Å². The molecule has 1 aromatic heterocycles. The number of amides is 2. The van der Waals surface area contributed by atoms with Gasteiger partial charge in [0.05, 0.1) is 23.7 Å². The second kappa shape index (κ2) is 6.82. The van der Waals surface area contributed by atoms with Crippen molar-refractivity contribution in [1.82, 2.24) is 15.2 Å². The fraction of sp³-hybridized carbons (Fsp3) is 0.562. The third kappa shape index (κ3) is 3.54. The molecule has 1 aromatic rings. The van der Waals surface area contributed by atoms with E-state index in [1.807, 2.05) is 11.9 Å². The molecule has 0 aliphatic carbocycles. The Labute approximate surface area is 139 Å². The maximum atomic E-state index is 14.4. The smallest absolute Gasteiger partial charge is 0.249 e. The average Bonchev–Trinajstić information content (AvgIpc) is 2.51. The van der Waals surface area contributed by atoms with Gasteiger partial charge in [-0.25, -0.2) is 4.39 Å². The van der Waals surface area contributed by atoms with E-state index in [4.69, 9.17) is 0 Å². The summed E-state index contributed by atoms with van der Waals surface area (Å²) in [5, 5.41) is 15.3. The molecule has 24 heavy (non-hydrogen) atoms. The van der Waals surface area contributed by atoms with Crippen LogP contribution in [0.4, 0.5) is 10.1 Å². The number of hydrogen-bond acceptors (Lipinski definition) is 6. The number of likely N-dealkylation sites (N-methyl/N-ethyl adjacent to an activating group) is 1. The third-order valence-electron chi connectivity index (χ3n) is 4.59. The predicted molar refractivity (Wildman–Crippen MR) is 84.9 cm³/mol. The third-order valence-corrected chi connectivity index (χ3v) is 4.59. The highest BCUT2D eigenvalue weighted by Crippen LogP contribution is 2.29. The van der Waals surface area contributed by atoms with E-state index in [-0.39, 0.29) is 23.9 Å². The predicted octanol–water partition coefficient (Wildman–Crippen LogP) is 0.218. The number of aromatic nitrogens is 1. The van der Waals surface area contributed by atoms with Gasteiger partial charge in [-0.05, 0) is 26.4 Å². The standard InChI is InChI=1S/C16H21FN4O3/c1-21-5-4-10(13(22)8-21)15-11(17)6-9(7-18-15)19-12-2-3-14(23)20-16(12)24/h6-7,10,12-13,19,22H,2-5,8H2,1H3,(H,20,23,24). The number of β-amino-alcohol motifs (C(OH)–C–C–N with tert-alkyl or cyclic N) is 1. The van der Waals surface area contributed by atoms with E-state index in [2.05, 4.69) is 15.6 Å². The van der Waals surface area contributed by atoms with E-state index in [9.17, 15) is 19.1 Å². The van der Waals surface area contributed by atoms with Crippen molar-refractivity contribution in [2.24, 2.45) is 0 Å². The summed E-state index contributed by atoms with van der Waals surface area (Å²) in [5.74, 6) is -1.54. The number of nitrogens with one attached hydrogen (secondary N) is 2. The van der Waals surface area contributed by atoms with E-state index >= 15 is 0 Å². The molecule has 2 saturated heterocycles. The maximum Gasteiger partial charge on any atom is 0.249 e. The van der Waals surface area contributed by atoms with Gasteiger partial charge < -0.3 is 15.3 Å². The van der Waals surface area contributed by atoms with Crippen LogP contribution in [0, 0.1) is 5.82 Å². The number of likely N-dealkylation sites (tertiary alicyclic amines) is 1. The Kier molecular flexibility index (Phi) is 4.77. The lowest BCUT2D eigenvalue weighted by Gasteiger charge is -2.33. The number of carbonyl (C=O) groups excluding carboxylic acids is 2. The van der Waals surface area contributed by atoms with Gasteiger partial charge >= 0.3 is 0 Å². The largest absolute Gasteiger partial charge is 0.391 e. The molecule has 2 fully saturated rings. The van der Waals surface area contributed by atoms with Gasteiger partial charge in [0, 0.05) is 24.9 Å². The Morgan fingerprint density at radius 3 is 2.88 bits per heavy atom. The van der Waals surface area contributed by atoms with Gasteiger partial charge in [0.1, 0.15) is 11.9 Å². The van der Waals surface area contributed by atoms with Crippen LogP contribution in [0.2, 0.25) is 0 Å². The van der Waals surface area contributed by atoms with Crippen molar-refractivity contribution in [3.8, 4) is 0 Å². The van der Waals surface area contributed by atoms with Gasteiger partial charge in [0.25, 0.3) is 0 Å². The molecule has 8 heteroatoms. The van der Waals surface area contributed by atoms with Crippen molar-refractivity contribution in [2.75, 3.05) is 25.5 Å². The van der Waals surface area contributed by atoms with Crippen molar-refractivity contribution < 1.29 is 19.1 Å². The topological polar surface area (TPSA) is 94.6 Å². The summed E-state index contributed by atoms with van der Waals surface area (Å²) in [6, 6.07) is 0.709. The van der Waals surface area contributed by atoms with Gasteiger partial charge in [-0.2, -0.15) is 0 Å². The molecule has 0 spiro atoms. The number of rotatable bonds is 3. The van der Waals surface area contributed by atoms with E-state index in [0.29, 0.717) is 25.1 Å². The maximum absolute atomic E-state index is 14.4. The summed E-state index contributed by atoms with van der Waals surface area (Å²) in [5.41, 5.74) is 0.637. The summed E-state index contributed by atoms with van der Waals surface area (Å²) >= 11 is 0. The lowest BCUT2D eigenvalue weighted by atomic mass is 9.90. The number of hydrogen-bond donors (Lipinski definition) is 3. The molecular weight excluding hydrogens is 315 g/mol. The van der Waals surface area contributed by atoms with E-state index in [1.165, 1.54) is 12.3 Å². The number of anilines is 1. The zero-order valence-electron chi connectivity index (χ0n) is 13.5. The Balaban J connectivity index is 1.71. The fourth-order valence-corrected chi connectivity index (χ4v) is 3.24. The molecule has 0 bridgehead atoms. The first-order valence-electron chi connectivity index (χ1n) is 8.06. The van der Waals surface area contributed by atoms with Crippen LogP contribution < -0.4 is 10.6 Å². The lowest BCUT2D eigenvalue weighted by Crippen LogP contribution is -2.47. The van der Waals surface area contributed by atoms with Crippen LogP contribution in [0.15, 0.2) is 12.3 Å². The molecule has 3 unspecified atom stereocenters. The minimum Gasteiger partial charge on any atom is -0.391 e. The minimum absolute atomic E-state index is 0.249. The SMILES string of the molecule is CN1CCC(c2ncc(NC3CCC(=O)NC3=O)cc2F)C(O)C1. The highest BCUT2D eigenvalue weighted by molar-refractivity contribution is 6.01. The minimum atomic E-state index is -0.653. The number of nitrogens with zero attached hydrogens (tertiary/aromatic N) is 2. The van der Waals surface area contributed by atoms with Gasteiger partial charge in [-0.3, -0.25) is 19.9 Å². The number of aliphatic hydroxyl groups is 1. The number of carbonyl (C=O) groups is 2. The van der Waals surface area contributed by atoms with Crippen molar-refractivity contribution in [1.29, 1.82) is 0 Å². The van der Waals surface area contributed by atoms with Crippen LogP contribution >= 0.6 is 0 Å². The highest BCUT2D eigenvalue weighted by Gasteiger charge is 2.31. The number of imide groups is 1. The van der Waals surface area contributed by atoms with Gasteiger partial charge in [-0.1, -0.05) is 0 Å². The van der Waals surface area contributed by atoms with Crippen LogP contribution in [-0.2, 0) is 9.59 Å². The Hall–Kier alpha value is -2.06. The first-order chi connectivity index (χ1) is 11.4. The molecule has 3 rings (SSSR count). The number of halogens is 1. The van der Waals surface area contributed by atoms with E-state index in [1.54, 1.807) is 0 Å². The zero-order valence-corrected chi connectivity index (χ0v) is 13.5. The quantitative estimate of drug-likeness (QED) is 0.684. The first kappa shape index (κ1) is 16.8. The van der Waals surface area contributed by atoms with Gasteiger partial charge in [-0.15, -0.1) is 0 Å². The monoisotopic (exact) mass is 336 g/mol. The molecule has 0 radical (unpaired) electrons. The number of piperidine rings is 2. The molecule has 2 amide bonds. The molecule has 3 heterocycles. The van der Waals surface area contributed by atoms with Crippen molar-refractivity contribution in [2.45, 2.75) is 37.3 Å². The second-order valence-electron chi connectivity index (χ2n) is 6.46. The zero-order chi connectivity index (χ0) is 17.3. The summed E-state index contributed by atoms with van der Waals surface area (Å²) in [7, 11) is 1.91. The number of aliphatic hydroxyl groups excluding tert-OH is 1. The highest BCUT2D eigenvalue weighted by atomic mass is 19.1. The molecule has 3 N–H and O–H groups in total. The summed E-state index contributed by atoms with van der Waals surface area (Å²) in [6.45, 7) is 1.27. The van der Waals surface area contributed by atoms with E-state index in [0.717, 1.165) is 6.54 Å². The second-order valence-corrected chi connectivity index (χ2v) is 6.46. The van der Waals surface area contributed by atoms with Crippen LogP contribution in [0.5, 0.6) is 0 Å². The molecule has 7 nitrogen and oxygen atoms in total. The van der Waals surface area contributed by atoms with Crippen molar-refractivity contribution in [3.05, 3.63) is 23.8 Å².